The molecule has 0 fully saturated rings. The van der Waals surface area contributed by atoms with Gasteiger partial charge in [-0.2, -0.15) is 4.39 Å². The van der Waals surface area contributed by atoms with Gasteiger partial charge >= 0.3 is 6.36 Å². The van der Waals surface area contributed by atoms with Crippen molar-refractivity contribution in [2.45, 2.75) is 52.8 Å². The molecule has 0 bridgehead atoms. The molecule has 0 aromatic heterocycles. The fourth-order valence-corrected chi connectivity index (χ4v) is 3.16. The van der Waals surface area contributed by atoms with Gasteiger partial charge in [-0.1, -0.05) is 38.5 Å². The lowest BCUT2D eigenvalue weighted by molar-refractivity contribution is -0.274. The lowest BCUT2D eigenvalue weighted by atomic mass is 9.89. The lowest BCUT2D eigenvalue weighted by Gasteiger charge is -2.28. The molecule has 0 spiro atoms. The number of nitrogens with zero attached hydrogens (tertiary/aromatic N) is 2. The molecule has 1 aliphatic heterocycles. The zero-order valence-electron chi connectivity index (χ0n) is 17.1. The Morgan fingerprint density at radius 3 is 2.38 bits per heavy atom. The molecule has 1 aromatic rings. The van der Waals surface area contributed by atoms with Gasteiger partial charge in [0.15, 0.2) is 5.97 Å². The van der Waals surface area contributed by atoms with Crippen LogP contribution in [0.15, 0.2) is 58.5 Å². The second-order valence-electron chi connectivity index (χ2n) is 6.82. The zero-order valence-corrected chi connectivity index (χ0v) is 17.1. The summed E-state index contributed by atoms with van der Waals surface area (Å²) in [6.07, 6.45) is 2.35. The molecule has 0 amide bonds. The topological polar surface area (TPSA) is 24.8 Å². The molecule has 2 rings (SSSR count). The molecule has 29 heavy (non-hydrogen) atoms. The molecule has 1 heterocycles. The first-order valence-corrected chi connectivity index (χ1v) is 9.57. The third-order valence-electron chi connectivity index (χ3n) is 4.46. The Balaban J connectivity index is 2.53. The maximum absolute atomic E-state index is 13.7. The van der Waals surface area contributed by atoms with Crippen molar-refractivity contribution in [2.75, 3.05) is 7.05 Å². The first kappa shape index (κ1) is 22.7. The molecule has 7 heteroatoms. The summed E-state index contributed by atoms with van der Waals surface area (Å²) in [7, 11) is 1.81. The average Bonchev–Trinajstić information content (AvgIpc) is 2.63. The van der Waals surface area contributed by atoms with Crippen LogP contribution in [0.5, 0.6) is 5.75 Å². The zero-order chi connectivity index (χ0) is 21.6. The van der Waals surface area contributed by atoms with Gasteiger partial charge in [0.2, 0.25) is 0 Å². The van der Waals surface area contributed by atoms with Gasteiger partial charge in [-0.3, -0.25) is 0 Å². The van der Waals surface area contributed by atoms with Crippen LogP contribution in [0.25, 0.3) is 5.57 Å². The molecular weight excluding hydrogens is 384 g/mol. The van der Waals surface area contributed by atoms with E-state index < -0.39 is 12.3 Å². The molecule has 1 aliphatic rings. The molecule has 1 aromatic carbocycles. The van der Waals surface area contributed by atoms with Crippen molar-refractivity contribution < 1.29 is 22.3 Å². The van der Waals surface area contributed by atoms with Crippen molar-refractivity contribution in [3.63, 3.8) is 0 Å². The number of halogens is 4. The summed E-state index contributed by atoms with van der Waals surface area (Å²) in [5.41, 5.74) is 3.59. The predicted molar refractivity (Wildman–Crippen MR) is 108 cm³/mol. The van der Waals surface area contributed by atoms with E-state index in [1.54, 1.807) is 17.0 Å². The van der Waals surface area contributed by atoms with Gasteiger partial charge in [0.25, 0.3) is 0 Å². The first-order chi connectivity index (χ1) is 13.6. The summed E-state index contributed by atoms with van der Waals surface area (Å²) in [6, 6.07) is 5.75. The maximum atomic E-state index is 13.7. The van der Waals surface area contributed by atoms with Crippen LogP contribution in [0.4, 0.5) is 17.6 Å². The van der Waals surface area contributed by atoms with E-state index in [4.69, 9.17) is 0 Å². The third kappa shape index (κ3) is 6.48. The third-order valence-corrected chi connectivity index (χ3v) is 4.46. The predicted octanol–water partition coefficient (Wildman–Crippen LogP) is 7.00. The Morgan fingerprint density at radius 1 is 1.21 bits per heavy atom. The van der Waals surface area contributed by atoms with Crippen molar-refractivity contribution in [3.05, 3.63) is 59.1 Å². The number of rotatable bonds is 7. The van der Waals surface area contributed by atoms with Crippen LogP contribution in [-0.2, 0) is 0 Å². The van der Waals surface area contributed by atoms with E-state index in [-0.39, 0.29) is 5.75 Å². The highest BCUT2D eigenvalue weighted by molar-refractivity contribution is 5.82. The number of unbranched alkanes of at least 4 members (excludes halogenated alkanes) is 1. The Bertz CT molecular complexity index is 829. The molecular formula is C22H26F4N2O. The summed E-state index contributed by atoms with van der Waals surface area (Å²) in [4.78, 5) is 5.88. The van der Waals surface area contributed by atoms with Crippen LogP contribution in [-0.4, -0.2) is 24.3 Å². The number of benzene rings is 1. The van der Waals surface area contributed by atoms with Crippen LogP contribution in [0.3, 0.4) is 0 Å². The highest BCUT2D eigenvalue weighted by atomic mass is 19.4. The van der Waals surface area contributed by atoms with E-state index in [0.29, 0.717) is 12.2 Å². The minimum atomic E-state index is -4.74. The van der Waals surface area contributed by atoms with Crippen LogP contribution in [0.2, 0.25) is 0 Å². The van der Waals surface area contributed by atoms with Crippen molar-refractivity contribution in [2.24, 2.45) is 4.99 Å². The second-order valence-corrected chi connectivity index (χ2v) is 6.82. The van der Waals surface area contributed by atoms with E-state index in [2.05, 4.69) is 9.73 Å². The number of hydrogen-bond acceptors (Lipinski definition) is 3. The monoisotopic (exact) mass is 410 g/mol. The number of hydrogen-bond donors (Lipinski definition) is 0. The molecule has 0 atom stereocenters. The van der Waals surface area contributed by atoms with E-state index in [0.717, 1.165) is 41.5 Å². The number of allylic oxidation sites excluding steroid dienone is 4. The van der Waals surface area contributed by atoms with E-state index in [1.165, 1.54) is 19.1 Å². The van der Waals surface area contributed by atoms with Gasteiger partial charge in [-0.25, -0.2) is 4.99 Å². The molecule has 0 N–H and O–H groups in total. The normalized spacial score (nSPS) is 16.3. The van der Waals surface area contributed by atoms with Gasteiger partial charge in [-0.05, 0) is 48.1 Å². The smallest absolute Gasteiger partial charge is 0.406 e. The number of ether oxygens (including phenoxy) is 1. The molecule has 3 nitrogen and oxygen atoms in total. The van der Waals surface area contributed by atoms with Crippen LogP contribution in [0.1, 0.15) is 52.0 Å². The Kier molecular flexibility index (Phi) is 7.65. The maximum Gasteiger partial charge on any atom is 0.573 e. The standard InChI is InChI=1S/C22H26F4N2O/c1-5-7-8-19(17-9-11-18(12-10-17)29-22(24,25)26)20-13-16(6-2)14-28(4)21(20)27-15(3)23/h8-12,14H,5-7,13H2,1-4H3/b19-8+,27-15+. The minimum absolute atomic E-state index is 0.280. The van der Waals surface area contributed by atoms with Crippen LogP contribution < -0.4 is 4.74 Å². The SMILES string of the molecule is CCC/C=C(C1=C(/N=C(\C)F)N(C)C=C(CC)C1)\c1ccc(OC(F)(F)F)cc1. The first-order valence-electron chi connectivity index (χ1n) is 9.57. The fraction of sp³-hybridized carbons (Fsp3) is 0.409. The van der Waals surface area contributed by atoms with Crippen molar-refractivity contribution >= 4 is 11.5 Å². The molecule has 0 unspecified atom stereocenters. The average molecular weight is 410 g/mol. The quantitative estimate of drug-likeness (QED) is 0.357. The van der Waals surface area contributed by atoms with Crippen molar-refractivity contribution in [1.82, 2.24) is 4.90 Å². The summed E-state index contributed by atoms with van der Waals surface area (Å²) in [5, 5.41) is 0. The number of aliphatic imine (C=N–C) groups is 1. The van der Waals surface area contributed by atoms with Gasteiger partial charge in [0.05, 0.1) is 0 Å². The Labute approximate surface area is 169 Å². The summed E-state index contributed by atoms with van der Waals surface area (Å²) < 4.78 is 55.0. The van der Waals surface area contributed by atoms with E-state index in [9.17, 15) is 17.6 Å². The van der Waals surface area contributed by atoms with Crippen molar-refractivity contribution in [1.29, 1.82) is 0 Å². The number of alkyl halides is 3. The highest BCUT2D eigenvalue weighted by Gasteiger charge is 2.31. The van der Waals surface area contributed by atoms with Gasteiger partial charge in [0, 0.05) is 25.7 Å². The molecule has 0 aliphatic carbocycles. The lowest BCUT2D eigenvalue weighted by Crippen LogP contribution is -2.18. The second kappa shape index (κ2) is 9.76. The Morgan fingerprint density at radius 2 is 1.86 bits per heavy atom. The van der Waals surface area contributed by atoms with Gasteiger partial charge < -0.3 is 9.64 Å². The van der Waals surface area contributed by atoms with E-state index >= 15 is 0 Å². The largest absolute Gasteiger partial charge is 0.573 e. The fourth-order valence-electron chi connectivity index (χ4n) is 3.16. The van der Waals surface area contributed by atoms with Crippen molar-refractivity contribution in [3.8, 4) is 5.75 Å². The highest BCUT2D eigenvalue weighted by Crippen LogP contribution is 2.37. The van der Waals surface area contributed by atoms with Crippen LogP contribution >= 0.6 is 0 Å². The Hall–Kier alpha value is -2.57. The summed E-state index contributed by atoms with van der Waals surface area (Å²) in [6.45, 7) is 5.37. The van der Waals surface area contributed by atoms with Gasteiger partial charge in [0.1, 0.15) is 11.6 Å². The summed E-state index contributed by atoms with van der Waals surface area (Å²) >= 11 is 0. The van der Waals surface area contributed by atoms with Crippen LogP contribution in [0, 0.1) is 0 Å². The van der Waals surface area contributed by atoms with Gasteiger partial charge in [-0.15, -0.1) is 13.2 Å². The molecule has 0 saturated heterocycles. The minimum Gasteiger partial charge on any atom is -0.406 e. The van der Waals surface area contributed by atoms with E-state index in [1.807, 2.05) is 33.2 Å². The molecule has 0 saturated carbocycles. The molecule has 158 valence electrons. The molecule has 0 radical (unpaired) electrons. The summed E-state index contributed by atoms with van der Waals surface area (Å²) in [5.74, 6) is -0.334.